The van der Waals surface area contributed by atoms with E-state index in [9.17, 15) is 10.1 Å². The molecule has 0 heterocycles. The lowest BCUT2D eigenvalue weighted by Crippen LogP contribution is -2.14. The highest BCUT2D eigenvalue weighted by atomic mass is 16.6. The summed E-state index contributed by atoms with van der Waals surface area (Å²) in [5.74, 6) is 0.745. The van der Waals surface area contributed by atoms with Crippen LogP contribution in [0.5, 0.6) is 5.75 Å². The van der Waals surface area contributed by atoms with Gasteiger partial charge in [-0.25, -0.2) is 0 Å². The van der Waals surface area contributed by atoms with Crippen LogP contribution in [0, 0.1) is 16.0 Å². The summed E-state index contributed by atoms with van der Waals surface area (Å²) in [4.78, 5) is 10.7. The molecule has 5 heteroatoms. The van der Waals surface area contributed by atoms with Crippen molar-refractivity contribution in [2.45, 2.75) is 40.2 Å². The van der Waals surface area contributed by atoms with Gasteiger partial charge in [0, 0.05) is 12.6 Å². The predicted molar refractivity (Wildman–Crippen MR) is 80.0 cm³/mol. The first-order valence-electron chi connectivity index (χ1n) is 7.19. The first-order chi connectivity index (χ1) is 9.58. The van der Waals surface area contributed by atoms with Crippen LogP contribution in [0.2, 0.25) is 0 Å². The van der Waals surface area contributed by atoms with Crippen molar-refractivity contribution < 1.29 is 9.66 Å². The minimum Gasteiger partial charge on any atom is -0.487 e. The second kappa shape index (κ2) is 8.53. The molecule has 0 spiro atoms. The summed E-state index contributed by atoms with van der Waals surface area (Å²) in [6, 6.07) is 5.17. The highest BCUT2D eigenvalue weighted by Gasteiger charge is 2.16. The largest absolute Gasteiger partial charge is 0.487 e. The Kier molecular flexibility index (Phi) is 7.01. The van der Waals surface area contributed by atoms with Gasteiger partial charge in [0.2, 0.25) is 0 Å². The molecule has 0 aliphatic rings. The summed E-state index contributed by atoms with van der Waals surface area (Å²) < 4.78 is 5.57. The van der Waals surface area contributed by atoms with Gasteiger partial charge in [-0.1, -0.05) is 33.3 Å². The number of nitro groups is 1. The van der Waals surface area contributed by atoms with Crippen LogP contribution in [0.1, 0.15) is 39.2 Å². The first-order valence-corrected chi connectivity index (χ1v) is 7.19. The van der Waals surface area contributed by atoms with Gasteiger partial charge in [0.25, 0.3) is 0 Å². The molecule has 20 heavy (non-hydrogen) atoms. The average Bonchev–Trinajstić information content (AvgIpc) is 2.45. The lowest BCUT2D eigenvalue weighted by atomic mass is 10.1. The molecule has 0 saturated carbocycles. The molecule has 0 fully saturated rings. The Morgan fingerprint density at radius 1 is 1.40 bits per heavy atom. The summed E-state index contributed by atoms with van der Waals surface area (Å²) in [6.45, 7) is 8.27. The van der Waals surface area contributed by atoms with Crippen molar-refractivity contribution in [1.29, 1.82) is 0 Å². The monoisotopic (exact) mass is 280 g/mol. The fraction of sp³-hybridized carbons (Fsp3) is 0.600. The molecule has 1 atom stereocenters. The molecule has 0 amide bonds. The van der Waals surface area contributed by atoms with Crippen LogP contribution in [0.25, 0.3) is 0 Å². The predicted octanol–water partition coefficient (Wildman–Crippen LogP) is 3.52. The van der Waals surface area contributed by atoms with Gasteiger partial charge in [0.05, 0.1) is 11.5 Å². The minimum atomic E-state index is -0.380. The third-order valence-corrected chi connectivity index (χ3v) is 3.20. The zero-order valence-corrected chi connectivity index (χ0v) is 12.5. The lowest BCUT2D eigenvalue weighted by molar-refractivity contribution is -0.386. The zero-order valence-electron chi connectivity index (χ0n) is 12.5. The summed E-state index contributed by atoms with van der Waals surface area (Å²) in [7, 11) is 0. The normalized spacial score (nSPS) is 12.2. The van der Waals surface area contributed by atoms with Crippen molar-refractivity contribution >= 4 is 5.69 Å². The Hall–Kier alpha value is -1.62. The maximum absolute atomic E-state index is 11.1. The average molecular weight is 280 g/mol. The third-order valence-electron chi connectivity index (χ3n) is 3.20. The number of nitrogens with zero attached hydrogens (tertiary/aromatic N) is 1. The van der Waals surface area contributed by atoms with Crippen LogP contribution in [0.4, 0.5) is 5.69 Å². The molecule has 1 aromatic carbocycles. The molecule has 1 aromatic rings. The quantitative estimate of drug-likeness (QED) is 0.427. The van der Waals surface area contributed by atoms with Crippen molar-refractivity contribution in [1.82, 2.24) is 5.32 Å². The SMILES string of the molecule is CCCNCc1ccc(OCC(C)CC)c([N+](=O)[O-])c1. The molecular formula is C15H24N2O3. The molecule has 112 valence electrons. The summed E-state index contributed by atoms with van der Waals surface area (Å²) in [5.41, 5.74) is 0.949. The van der Waals surface area contributed by atoms with Crippen molar-refractivity contribution in [3.05, 3.63) is 33.9 Å². The summed E-state index contributed by atoms with van der Waals surface area (Å²) >= 11 is 0. The standard InChI is InChI=1S/C15H24N2O3/c1-4-8-16-10-13-6-7-15(14(9-13)17(18)19)20-11-12(3)5-2/h6-7,9,12,16H,4-5,8,10-11H2,1-3H3. The molecule has 0 bridgehead atoms. The molecule has 0 aliphatic carbocycles. The Bertz CT molecular complexity index is 435. The van der Waals surface area contributed by atoms with Crippen molar-refractivity contribution in [2.24, 2.45) is 5.92 Å². The molecule has 1 N–H and O–H groups in total. The van der Waals surface area contributed by atoms with Crippen molar-refractivity contribution in [2.75, 3.05) is 13.2 Å². The van der Waals surface area contributed by atoms with Gasteiger partial charge in [-0.2, -0.15) is 0 Å². The van der Waals surface area contributed by atoms with Crippen LogP contribution in [-0.2, 0) is 6.54 Å². The van der Waals surface area contributed by atoms with E-state index in [-0.39, 0.29) is 10.6 Å². The highest BCUT2D eigenvalue weighted by molar-refractivity contribution is 5.48. The minimum absolute atomic E-state index is 0.0455. The number of hydrogen-bond acceptors (Lipinski definition) is 4. The number of hydrogen-bond donors (Lipinski definition) is 1. The van der Waals surface area contributed by atoms with Crippen LogP contribution in [-0.4, -0.2) is 18.1 Å². The summed E-state index contributed by atoms with van der Waals surface area (Å²) in [6.07, 6.45) is 2.03. The van der Waals surface area contributed by atoms with Crippen molar-refractivity contribution in [3.8, 4) is 5.75 Å². The van der Waals surface area contributed by atoms with E-state index >= 15 is 0 Å². The second-order valence-corrected chi connectivity index (χ2v) is 5.06. The number of nitrogens with one attached hydrogen (secondary N) is 1. The Balaban J connectivity index is 2.76. The van der Waals surface area contributed by atoms with Gasteiger partial charge in [-0.05, 0) is 30.5 Å². The Morgan fingerprint density at radius 2 is 2.15 bits per heavy atom. The number of benzene rings is 1. The van der Waals surface area contributed by atoms with Gasteiger partial charge in [-0.3, -0.25) is 10.1 Å². The molecule has 1 rings (SSSR count). The molecule has 0 radical (unpaired) electrons. The second-order valence-electron chi connectivity index (χ2n) is 5.06. The van der Waals surface area contributed by atoms with E-state index in [0.717, 1.165) is 24.9 Å². The van der Waals surface area contributed by atoms with Crippen molar-refractivity contribution in [3.63, 3.8) is 0 Å². The van der Waals surface area contributed by atoms with Crippen LogP contribution >= 0.6 is 0 Å². The third kappa shape index (κ3) is 5.17. The van der Waals surface area contributed by atoms with Crippen LogP contribution in [0.3, 0.4) is 0 Å². The maximum atomic E-state index is 11.1. The maximum Gasteiger partial charge on any atom is 0.311 e. The lowest BCUT2D eigenvalue weighted by Gasteiger charge is -2.12. The van der Waals surface area contributed by atoms with Crippen LogP contribution < -0.4 is 10.1 Å². The number of nitro benzene ring substituents is 1. The molecule has 5 nitrogen and oxygen atoms in total. The fourth-order valence-electron chi connectivity index (χ4n) is 1.70. The Morgan fingerprint density at radius 3 is 2.75 bits per heavy atom. The van der Waals surface area contributed by atoms with Gasteiger partial charge >= 0.3 is 5.69 Å². The molecule has 1 unspecified atom stereocenters. The van der Waals surface area contributed by atoms with E-state index in [1.165, 1.54) is 0 Å². The van der Waals surface area contributed by atoms with E-state index in [1.54, 1.807) is 12.1 Å². The first kappa shape index (κ1) is 16.4. The highest BCUT2D eigenvalue weighted by Crippen LogP contribution is 2.28. The molecule has 0 aromatic heterocycles. The molecule has 0 saturated heterocycles. The van der Waals surface area contributed by atoms with E-state index in [2.05, 4.69) is 26.1 Å². The van der Waals surface area contributed by atoms with Gasteiger partial charge in [0.15, 0.2) is 5.75 Å². The van der Waals surface area contributed by atoms with E-state index in [1.807, 2.05) is 6.07 Å². The smallest absolute Gasteiger partial charge is 0.311 e. The summed E-state index contributed by atoms with van der Waals surface area (Å²) in [5, 5.41) is 14.4. The molecular weight excluding hydrogens is 256 g/mol. The van der Waals surface area contributed by atoms with E-state index < -0.39 is 0 Å². The van der Waals surface area contributed by atoms with E-state index in [0.29, 0.717) is 24.8 Å². The van der Waals surface area contributed by atoms with Gasteiger partial charge in [-0.15, -0.1) is 0 Å². The van der Waals surface area contributed by atoms with Gasteiger partial charge in [0.1, 0.15) is 0 Å². The Labute approximate surface area is 120 Å². The number of ether oxygens (including phenoxy) is 1. The zero-order chi connectivity index (χ0) is 15.0. The molecule has 0 aliphatic heterocycles. The topological polar surface area (TPSA) is 64.4 Å². The fourth-order valence-corrected chi connectivity index (χ4v) is 1.70. The van der Waals surface area contributed by atoms with E-state index in [4.69, 9.17) is 4.74 Å². The van der Waals surface area contributed by atoms with Gasteiger partial charge < -0.3 is 10.1 Å². The van der Waals surface area contributed by atoms with Crippen LogP contribution in [0.15, 0.2) is 18.2 Å². The number of rotatable bonds is 9.